The standard InChI is InChI=1S/C16H18N2O/c1-4-15(2,3)16-9-10-18(11-19)14(16)17-13-8-6-5-7-12(13)16/h4-8,11H,1,9-10H2,2-3H3. The zero-order valence-electron chi connectivity index (χ0n) is 11.4. The molecule has 0 radical (unpaired) electrons. The Bertz CT molecular complexity index is 588. The van der Waals surface area contributed by atoms with E-state index in [0.717, 1.165) is 30.9 Å². The summed E-state index contributed by atoms with van der Waals surface area (Å²) in [5.41, 5.74) is 1.85. The van der Waals surface area contributed by atoms with E-state index in [1.54, 1.807) is 4.90 Å². The molecule has 2 aliphatic rings. The Morgan fingerprint density at radius 3 is 2.84 bits per heavy atom. The molecule has 1 atom stereocenters. The second kappa shape index (κ2) is 3.80. The highest BCUT2D eigenvalue weighted by Crippen LogP contribution is 2.56. The van der Waals surface area contributed by atoms with Crippen LogP contribution in [0.3, 0.4) is 0 Å². The number of hydrogen-bond acceptors (Lipinski definition) is 2. The van der Waals surface area contributed by atoms with Crippen LogP contribution in [0, 0.1) is 5.41 Å². The van der Waals surface area contributed by atoms with Gasteiger partial charge in [-0.2, -0.15) is 0 Å². The molecule has 3 heteroatoms. The Kier molecular flexibility index (Phi) is 2.43. The third-order valence-electron chi connectivity index (χ3n) is 4.71. The minimum Gasteiger partial charge on any atom is -0.302 e. The first-order valence-corrected chi connectivity index (χ1v) is 6.61. The molecule has 2 heterocycles. The number of amidine groups is 1. The number of nitrogens with zero attached hydrogens (tertiary/aromatic N) is 2. The van der Waals surface area contributed by atoms with E-state index < -0.39 is 0 Å². The Morgan fingerprint density at radius 1 is 1.42 bits per heavy atom. The summed E-state index contributed by atoms with van der Waals surface area (Å²) in [6.45, 7) is 9.07. The average Bonchev–Trinajstić information content (AvgIpc) is 2.93. The van der Waals surface area contributed by atoms with E-state index in [4.69, 9.17) is 4.99 Å². The molecular weight excluding hydrogens is 236 g/mol. The molecule has 1 aromatic carbocycles. The molecule has 0 saturated carbocycles. The van der Waals surface area contributed by atoms with Crippen molar-refractivity contribution in [3.8, 4) is 0 Å². The first kappa shape index (κ1) is 12.2. The molecule has 1 saturated heterocycles. The molecule has 1 unspecified atom stereocenters. The van der Waals surface area contributed by atoms with Crippen molar-refractivity contribution in [3.05, 3.63) is 42.5 Å². The monoisotopic (exact) mass is 254 g/mol. The van der Waals surface area contributed by atoms with Crippen molar-refractivity contribution in [2.75, 3.05) is 6.54 Å². The fraction of sp³-hybridized carbons (Fsp3) is 0.375. The number of fused-ring (bicyclic) bond motifs is 3. The summed E-state index contributed by atoms with van der Waals surface area (Å²) in [7, 11) is 0. The van der Waals surface area contributed by atoms with Crippen molar-refractivity contribution in [3.63, 3.8) is 0 Å². The zero-order chi connectivity index (χ0) is 13.7. The summed E-state index contributed by atoms with van der Waals surface area (Å²) in [4.78, 5) is 17.7. The van der Waals surface area contributed by atoms with Gasteiger partial charge in [-0.1, -0.05) is 38.1 Å². The van der Waals surface area contributed by atoms with Crippen molar-refractivity contribution in [1.29, 1.82) is 0 Å². The number of para-hydroxylation sites is 1. The first-order valence-electron chi connectivity index (χ1n) is 6.61. The highest BCUT2D eigenvalue weighted by molar-refractivity contribution is 6.07. The van der Waals surface area contributed by atoms with Gasteiger partial charge in [0, 0.05) is 6.54 Å². The summed E-state index contributed by atoms with van der Waals surface area (Å²) >= 11 is 0. The number of rotatable bonds is 3. The van der Waals surface area contributed by atoms with Crippen LogP contribution in [0.4, 0.5) is 5.69 Å². The second-order valence-corrected chi connectivity index (χ2v) is 5.83. The normalized spacial score (nSPS) is 24.7. The molecule has 1 fully saturated rings. The van der Waals surface area contributed by atoms with E-state index in [1.807, 2.05) is 24.3 Å². The summed E-state index contributed by atoms with van der Waals surface area (Å²) in [5, 5.41) is 0. The van der Waals surface area contributed by atoms with Gasteiger partial charge in [0.15, 0.2) is 0 Å². The SMILES string of the molecule is C=CC(C)(C)C12CCN(C=O)C1=Nc1ccccc12. The Morgan fingerprint density at radius 2 is 2.16 bits per heavy atom. The van der Waals surface area contributed by atoms with Crippen LogP contribution >= 0.6 is 0 Å². The quantitative estimate of drug-likeness (QED) is 0.602. The number of likely N-dealkylation sites (tertiary alicyclic amines) is 1. The van der Waals surface area contributed by atoms with Crippen molar-refractivity contribution < 1.29 is 4.79 Å². The first-order chi connectivity index (χ1) is 9.06. The molecule has 0 N–H and O–H groups in total. The van der Waals surface area contributed by atoms with Crippen LogP contribution in [0.5, 0.6) is 0 Å². The van der Waals surface area contributed by atoms with Crippen molar-refractivity contribution in [2.24, 2.45) is 10.4 Å². The van der Waals surface area contributed by atoms with Crippen LogP contribution in [0.25, 0.3) is 0 Å². The maximum Gasteiger partial charge on any atom is 0.215 e. The van der Waals surface area contributed by atoms with Gasteiger partial charge in [-0.3, -0.25) is 4.79 Å². The lowest BCUT2D eigenvalue weighted by Gasteiger charge is -2.40. The number of benzene rings is 1. The summed E-state index contributed by atoms with van der Waals surface area (Å²) < 4.78 is 0. The van der Waals surface area contributed by atoms with Gasteiger partial charge in [0.05, 0.1) is 11.1 Å². The van der Waals surface area contributed by atoms with Gasteiger partial charge in [-0.25, -0.2) is 4.99 Å². The van der Waals surface area contributed by atoms with Gasteiger partial charge >= 0.3 is 0 Å². The maximum atomic E-state index is 11.3. The maximum absolute atomic E-state index is 11.3. The van der Waals surface area contributed by atoms with Crippen molar-refractivity contribution in [1.82, 2.24) is 4.90 Å². The molecule has 3 nitrogen and oxygen atoms in total. The fourth-order valence-corrected chi connectivity index (χ4v) is 3.45. The molecule has 3 rings (SSSR count). The number of hydrogen-bond donors (Lipinski definition) is 0. The van der Waals surface area contributed by atoms with Gasteiger partial charge in [-0.05, 0) is 23.5 Å². The van der Waals surface area contributed by atoms with Crippen LogP contribution in [0.15, 0.2) is 41.9 Å². The van der Waals surface area contributed by atoms with E-state index >= 15 is 0 Å². The number of allylic oxidation sites excluding steroid dienone is 1. The molecular formula is C16H18N2O. The minimum absolute atomic E-state index is 0.143. The van der Waals surface area contributed by atoms with Gasteiger partial charge in [0.2, 0.25) is 6.41 Å². The molecule has 0 aromatic heterocycles. The van der Waals surface area contributed by atoms with Gasteiger partial charge in [0.25, 0.3) is 0 Å². The second-order valence-electron chi connectivity index (χ2n) is 5.83. The highest BCUT2D eigenvalue weighted by Gasteiger charge is 2.57. The minimum atomic E-state index is -0.216. The molecule has 0 aliphatic carbocycles. The Labute approximate surface area is 113 Å². The summed E-state index contributed by atoms with van der Waals surface area (Å²) in [5.74, 6) is 0.883. The Balaban J connectivity index is 2.28. The van der Waals surface area contributed by atoms with Crippen molar-refractivity contribution in [2.45, 2.75) is 25.7 Å². The van der Waals surface area contributed by atoms with Crippen LogP contribution in [-0.2, 0) is 10.2 Å². The lowest BCUT2D eigenvalue weighted by molar-refractivity contribution is -0.114. The Hall–Kier alpha value is -1.90. The molecule has 19 heavy (non-hydrogen) atoms. The van der Waals surface area contributed by atoms with Crippen LogP contribution in [-0.4, -0.2) is 23.7 Å². The number of amides is 1. The van der Waals surface area contributed by atoms with Crippen LogP contribution in [0.2, 0.25) is 0 Å². The van der Waals surface area contributed by atoms with Crippen molar-refractivity contribution >= 4 is 17.9 Å². The third-order valence-corrected chi connectivity index (χ3v) is 4.71. The molecule has 0 spiro atoms. The third kappa shape index (κ3) is 1.33. The summed E-state index contributed by atoms with van der Waals surface area (Å²) in [6, 6.07) is 8.18. The van der Waals surface area contributed by atoms with Gasteiger partial charge < -0.3 is 4.90 Å². The van der Waals surface area contributed by atoms with Gasteiger partial charge in [-0.15, -0.1) is 6.58 Å². The molecule has 1 amide bonds. The lowest BCUT2D eigenvalue weighted by atomic mass is 9.61. The van der Waals surface area contributed by atoms with Gasteiger partial charge in [0.1, 0.15) is 5.84 Å². The number of aliphatic imine (C=N–C) groups is 1. The lowest BCUT2D eigenvalue weighted by Crippen LogP contribution is -2.45. The summed E-state index contributed by atoms with van der Waals surface area (Å²) in [6.07, 6.45) is 3.78. The molecule has 98 valence electrons. The number of carbonyl (C=O) groups is 1. The molecule has 1 aromatic rings. The highest BCUT2D eigenvalue weighted by atomic mass is 16.1. The number of carbonyl (C=O) groups excluding carboxylic acids is 1. The van der Waals surface area contributed by atoms with Crippen LogP contribution in [0.1, 0.15) is 25.8 Å². The average molecular weight is 254 g/mol. The van der Waals surface area contributed by atoms with E-state index in [1.165, 1.54) is 5.56 Å². The van der Waals surface area contributed by atoms with E-state index in [-0.39, 0.29) is 10.8 Å². The predicted molar refractivity (Wildman–Crippen MR) is 76.6 cm³/mol. The van der Waals surface area contributed by atoms with Crippen LogP contribution < -0.4 is 0 Å². The predicted octanol–water partition coefficient (Wildman–Crippen LogP) is 3.04. The van der Waals surface area contributed by atoms with E-state index in [9.17, 15) is 4.79 Å². The zero-order valence-corrected chi connectivity index (χ0v) is 11.4. The van der Waals surface area contributed by atoms with E-state index in [2.05, 4.69) is 26.5 Å². The largest absolute Gasteiger partial charge is 0.302 e. The molecule has 2 aliphatic heterocycles. The topological polar surface area (TPSA) is 32.7 Å². The fourth-order valence-electron chi connectivity index (χ4n) is 3.45. The molecule has 0 bridgehead atoms. The smallest absolute Gasteiger partial charge is 0.215 e. The van der Waals surface area contributed by atoms with E-state index in [0.29, 0.717) is 0 Å².